The topological polar surface area (TPSA) is 78.5 Å². The summed E-state index contributed by atoms with van der Waals surface area (Å²) in [7, 11) is 0. The van der Waals surface area contributed by atoms with E-state index in [1.807, 2.05) is 57.2 Å². The van der Waals surface area contributed by atoms with Crippen molar-refractivity contribution in [3.63, 3.8) is 0 Å². The van der Waals surface area contributed by atoms with E-state index in [4.69, 9.17) is 11.6 Å². The molecule has 1 heterocycles. The van der Waals surface area contributed by atoms with Crippen LogP contribution in [0.2, 0.25) is 0 Å². The van der Waals surface area contributed by atoms with E-state index >= 15 is 0 Å². The van der Waals surface area contributed by atoms with Gasteiger partial charge in [0.2, 0.25) is 0 Å². The minimum atomic E-state index is -0.593. The second-order valence-corrected chi connectivity index (χ2v) is 8.33. The first-order valence-electron chi connectivity index (χ1n) is 10.4. The number of rotatable bonds is 5. The Kier molecular flexibility index (Phi) is 6.03. The standard InChI is InChI=1S/C26H22ClN3O3/c1-15-7-10-19(11-8-15)29-24(31)18-5-4-6-20(14-18)28-23-22(27)25(32)30(26(23)33)21-12-9-16(2)13-17(21)3/h4-14,28H,1-3H3,(H,29,31). The number of benzene rings is 3. The predicted octanol–water partition coefficient (Wildman–Crippen LogP) is 5.30. The lowest BCUT2D eigenvalue weighted by molar-refractivity contribution is -0.120. The molecule has 1 aliphatic heterocycles. The highest BCUT2D eigenvalue weighted by molar-refractivity contribution is 6.53. The number of imide groups is 1. The van der Waals surface area contributed by atoms with Gasteiger partial charge in [-0.2, -0.15) is 0 Å². The van der Waals surface area contributed by atoms with E-state index in [1.54, 1.807) is 30.3 Å². The summed E-state index contributed by atoms with van der Waals surface area (Å²) in [5, 5.41) is 5.56. The zero-order valence-corrected chi connectivity index (χ0v) is 19.2. The zero-order valence-electron chi connectivity index (χ0n) is 18.4. The van der Waals surface area contributed by atoms with Crippen molar-refractivity contribution in [2.24, 2.45) is 0 Å². The average molecular weight is 460 g/mol. The molecule has 0 saturated heterocycles. The van der Waals surface area contributed by atoms with Crippen molar-refractivity contribution < 1.29 is 14.4 Å². The minimum absolute atomic E-state index is 0.0299. The van der Waals surface area contributed by atoms with Gasteiger partial charge in [-0.1, -0.05) is 53.1 Å². The van der Waals surface area contributed by atoms with Gasteiger partial charge < -0.3 is 10.6 Å². The van der Waals surface area contributed by atoms with Crippen LogP contribution in [0.5, 0.6) is 0 Å². The summed E-state index contributed by atoms with van der Waals surface area (Å²) in [6.45, 7) is 5.74. The number of nitrogens with one attached hydrogen (secondary N) is 2. The maximum absolute atomic E-state index is 13.1. The van der Waals surface area contributed by atoms with Crippen molar-refractivity contribution in [2.75, 3.05) is 15.5 Å². The van der Waals surface area contributed by atoms with Gasteiger partial charge in [0, 0.05) is 16.9 Å². The van der Waals surface area contributed by atoms with Crippen molar-refractivity contribution in [2.45, 2.75) is 20.8 Å². The van der Waals surface area contributed by atoms with Gasteiger partial charge in [-0.3, -0.25) is 14.4 Å². The van der Waals surface area contributed by atoms with Crippen LogP contribution in [0.3, 0.4) is 0 Å². The summed E-state index contributed by atoms with van der Waals surface area (Å²) in [6.07, 6.45) is 0. The van der Waals surface area contributed by atoms with E-state index in [0.717, 1.165) is 21.6 Å². The molecule has 0 aromatic heterocycles. The van der Waals surface area contributed by atoms with Crippen LogP contribution in [0.25, 0.3) is 0 Å². The van der Waals surface area contributed by atoms with Gasteiger partial charge in [0.05, 0.1) is 5.69 Å². The SMILES string of the molecule is Cc1ccc(NC(=O)c2cccc(NC3=C(Cl)C(=O)N(c4ccc(C)cc4C)C3=O)c2)cc1. The molecule has 0 radical (unpaired) electrons. The third kappa shape index (κ3) is 4.52. The molecule has 7 heteroatoms. The third-order valence-electron chi connectivity index (χ3n) is 5.32. The Labute approximate surface area is 196 Å². The number of carbonyl (C=O) groups is 3. The third-order valence-corrected chi connectivity index (χ3v) is 5.67. The molecule has 0 fully saturated rings. The second kappa shape index (κ2) is 8.92. The predicted molar refractivity (Wildman–Crippen MR) is 130 cm³/mol. The molecule has 3 aromatic rings. The van der Waals surface area contributed by atoms with Crippen LogP contribution in [-0.4, -0.2) is 17.7 Å². The lowest BCUT2D eigenvalue weighted by Gasteiger charge is -2.18. The maximum Gasteiger partial charge on any atom is 0.283 e. The fourth-order valence-corrected chi connectivity index (χ4v) is 3.82. The normalized spacial score (nSPS) is 13.5. The van der Waals surface area contributed by atoms with Crippen LogP contribution < -0.4 is 15.5 Å². The summed E-state index contributed by atoms with van der Waals surface area (Å²) in [5.41, 5.74) is 4.88. The molecule has 2 N–H and O–H groups in total. The molecule has 3 aromatic carbocycles. The van der Waals surface area contributed by atoms with Crippen LogP contribution in [-0.2, 0) is 9.59 Å². The molecule has 0 saturated carbocycles. The molecule has 0 atom stereocenters. The lowest BCUT2D eigenvalue weighted by atomic mass is 10.1. The quantitative estimate of drug-likeness (QED) is 0.507. The van der Waals surface area contributed by atoms with Crippen molar-refractivity contribution >= 4 is 46.4 Å². The van der Waals surface area contributed by atoms with E-state index < -0.39 is 11.8 Å². The number of anilines is 3. The zero-order chi connectivity index (χ0) is 23.7. The van der Waals surface area contributed by atoms with E-state index in [-0.39, 0.29) is 16.6 Å². The highest BCUT2D eigenvalue weighted by Gasteiger charge is 2.39. The number of halogens is 1. The van der Waals surface area contributed by atoms with Crippen LogP contribution in [0.4, 0.5) is 17.1 Å². The van der Waals surface area contributed by atoms with Gasteiger partial charge in [0.1, 0.15) is 10.7 Å². The smallest absolute Gasteiger partial charge is 0.283 e. The first-order chi connectivity index (χ1) is 15.7. The first kappa shape index (κ1) is 22.3. The second-order valence-electron chi connectivity index (χ2n) is 7.95. The number of hydrogen-bond acceptors (Lipinski definition) is 4. The van der Waals surface area contributed by atoms with Gasteiger partial charge >= 0.3 is 0 Å². The highest BCUT2D eigenvalue weighted by Crippen LogP contribution is 2.32. The number of nitrogens with zero attached hydrogens (tertiary/aromatic N) is 1. The molecule has 3 amide bonds. The molecule has 4 rings (SSSR count). The van der Waals surface area contributed by atoms with Gasteiger partial charge in [-0.15, -0.1) is 0 Å². The maximum atomic E-state index is 13.1. The molecule has 1 aliphatic rings. The molecule has 33 heavy (non-hydrogen) atoms. The lowest BCUT2D eigenvalue weighted by Crippen LogP contribution is -2.32. The number of carbonyl (C=O) groups excluding carboxylic acids is 3. The van der Waals surface area contributed by atoms with Crippen molar-refractivity contribution in [3.05, 3.63) is 99.7 Å². The summed E-state index contributed by atoms with van der Waals surface area (Å²) in [5.74, 6) is -1.44. The first-order valence-corrected chi connectivity index (χ1v) is 10.7. The van der Waals surface area contributed by atoms with Crippen LogP contribution >= 0.6 is 11.6 Å². The highest BCUT2D eigenvalue weighted by atomic mass is 35.5. The minimum Gasteiger partial charge on any atom is -0.350 e. The van der Waals surface area contributed by atoms with E-state index in [2.05, 4.69) is 10.6 Å². The van der Waals surface area contributed by atoms with Gasteiger partial charge in [-0.25, -0.2) is 4.90 Å². The number of aryl methyl sites for hydroxylation is 3. The monoisotopic (exact) mass is 459 g/mol. The Bertz CT molecular complexity index is 1310. The largest absolute Gasteiger partial charge is 0.350 e. The summed E-state index contributed by atoms with van der Waals surface area (Å²) in [6, 6.07) is 19.6. The Morgan fingerprint density at radius 1 is 0.818 bits per heavy atom. The van der Waals surface area contributed by atoms with Crippen LogP contribution in [0.15, 0.2) is 77.5 Å². The Morgan fingerprint density at radius 3 is 2.21 bits per heavy atom. The Hall–Kier alpha value is -3.90. The molecule has 0 spiro atoms. The van der Waals surface area contributed by atoms with E-state index in [9.17, 15) is 14.4 Å². The fraction of sp³-hybridized carbons (Fsp3) is 0.115. The van der Waals surface area contributed by atoms with E-state index in [0.29, 0.717) is 22.6 Å². The van der Waals surface area contributed by atoms with Gasteiger partial charge in [0.25, 0.3) is 17.7 Å². The molecule has 0 bridgehead atoms. The summed E-state index contributed by atoms with van der Waals surface area (Å²) < 4.78 is 0. The summed E-state index contributed by atoms with van der Waals surface area (Å²) >= 11 is 6.25. The van der Waals surface area contributed by atoms with Gasteiger partial charge in [0.15, 0.2) is 0 Å². The molecule has 0 unspecified atom stereocenters. The van der Waals surface area contributed by atoms with Crippen molar-refractivity contribution in [3.8, 4) is 0 Å². The van der Waals surface area contributed by atoms with Crippen molar-refractivity contribution in [1.29, 1.82) is 0 Å². The number of hydrogen-bond donors (Lipinski definition) is 2. The van der Waals surface area contributed by atoms with Gasteiger partial charge in [-0.05, 0) is 62.7 Å². The summed E-state index contributed by atoms with van der Waals surface area (Å²) in [4.78, 5) is 39.6. The molecular formula is C26H22ClN3O3. The fourth-order valence-electron chi connectivity index (χ4n) is 3.61. The average Bonchev–Trinajstić information content (AvgIpc) is 2.99. The van der Waals surface area contributed by atoms with E-state index in [1.165, 1.54) is 0 Å². The Balaban J connectivity index is 1.55. The van der Waals surface area contributed by atoms with Crippen LogP contribution in [0.1, 0.15) is 27.0 Å². The molecule has 0 aliphatic carbocycles. The van der Waals surface area contributed by atoms with Crippen molar-refractivity contribution in [1.82, 2.24) is 0 Å². The molecule has 6 nitrogen and oxygen atoms in total. The molecule has 166 valence electrons. The molecular weight excluding hydrogens is 438 g/mol. The Morgan fingerprint density at radius 2 is 1.52 bits per heavy atom. The number of amides is 3. The van der Waals surface area contributed by atoms with Crippen LogP contribution in [0, 0.1) is 20.8 Å².